The lowest BCUT2D eigenvalue weighted by Crippen LogP contribution is -2.10. The van der Waals surface area contributed by atoms with Crippen LogP contribution in [0.1, 0.15) is 15.2 Å². The van der Waals surface area contributed by atoms with Crippen molar-refractivity contribution in [2.45, 2.75) is 6.92 Å². The van der Waals surface area contributed by atoms with Crippen LogP contribution in [0.15, 0.2) is 42.5 Å². The van der Waals surface area contributed by atoms with E-state index in [2.05, 4.69) is 5.32 Å². The van der Waals surface area contributed by atoms with Gasteiger partial charge in [0.05, 0.1) is 5.02 Å². The number of aryl methyl sites for hydroxylation is 1. The van der Waals surface area contributed by atoms with E-state index in [1.54, 1.807) is 6.07 Å². The Balaban J connectivity index is 1.96. The molecule has 21 heavy (non-hydrogen) atoms. The quantitative estimate of drug-likeness (QED) is 0.632. The van der Waals surface area contributed by atoms with Gasteiger partial charge in [0.15, 0.2) is 0 Å². The van der Waals surface area contributed by atoms with Crippen molar-refractivity contribution in [3.8, 4) is 0 Å². The topological polar surface area (TPSA) is 29.1 Å². The van der Waals surface area contributed by atoms with Gasteiger partial charge in [-0.3, -0.25) is 4.79 Å². The first-order valence-corrected chi connectivity index (χ1v) is 7.87. The van der Waals surface area contributed by atoms with Gasteiger partial charge in [0.2, 0.25) is 0 Å². The molecule has 3 rings (SSSR count). The second-order valence-corrected chi connectivity index (χ2v) is 6.58. The monoisotopic (exact) mass is 335 g/mol. The summed E-state index contributed by atoms with van der Waals surface area (Å²) >= 11 is 13.6. The lowest BCUT2D eigenvalue weighted by atomic mass is 10.2. The maximum atomic E-state index is 12.4. The molecule has 0 saturated heterocycles. The van der Waals surface area contributed by atoms with Crippen molar-refractivity contribution < 1.29 is 4.79 Å². The van der Waals surface area contributed by atoms with Crippen LogP contribution >= 0.6 is 34.5 Å². The van der Waals surface area contributed by atoms with Crippen LogP contribution in [0.5, 0.6) is 0 Å². The first kappa shape index (κ1) is 14.4. The summed E-state index contributed by atoms with van der Waals surface area (Å²) in [6.07, 6.45) is 0. The Bertz CT molecular complexity index is 841. The number of nitrogens with one attached hydrogen (secondary N) is 1. The van der Waals surface area contributed by atoms with Crippen molar-refractivity contribution in [2.24, 2.45) is 0 Å². The highest BCUT2D eigenvalue weighted by Gasteiger charge is 2.17. The molecule has 0 bridgehead atoms. The molecule has 2 aromatic carbocycles. The molecule has 1 N–H and O–H groups in total. The third-order valence-electron chi connectivity index (χ3n) is 3.07. The summed E-state index contributed by atoms with van der Waals surface area (Å²) < 4.78 is 0.905. The number of benzene rings is 2. The minimum Gasteiger partial charge on any atom is -0.321 e. The SMILES string of the molecule is Cc1cccc(NC(=O)c2sc3cc(Cl)ccc3c2Cl)c1. The first-order chi connectivity index (χ1) is 10.0. The van der Waals surface area contributed by atoms with Gasteiger partial charge in [0.1, 0.15) is 4.88 Å². The molecule has 1 heterocycles. The van der Waals surface area contributed by atoms with Gasteiger partial charge in [-0.05, 0) is 36.8 Å². The molecule has 5 heteroatoms. The van der Waals surface area contributed by atoms with E-state index in [9.17, 15) is 4.79 Å². The lowest BCUT2D eigenvalue weighted by Gasteiger charge is -2.04. The summed E-state index contributed by atoms with van der Waals surface area (Å²) in [4.78, 5) is 12.9. The molecule has 3 aromatic rings. The number of hydrogen-bond acceptors (Lipinski definition) is 2. The molecule has 0 unspecified atom stereocenters. The Labute approximate surface area is 136 Å². The Hall–Kier alpha value is -1.55. The van der Waals surface area contributed by atoms with Gasteiger partial charge in [-0.1, -0.05) is 41.4 Å². The van der Waals surface area contributed by atoms with Crippen LogP contribution in [0.4, 0.5) is 5.69 Å². The van der Waals surface area contributed by atoms with Gasteiger partial charge >= 0.3 is 0 Å². The van der Waals surface area contributed by atoms with Gasteiger partial charge in [-0.2, -0.15) is 0 Å². The largest absolute Gasteiger partial charge is 0.321 e. The molecule has 0 atom stereocenters. The highest BCUT2D eigenvalue weighted by Crippen LogP contribution is 2.37. The third kappa shape index (κ3) is 2.91. The van der Waals surface area contributed by atoms with Crippen LogP contribution in [-0.4, -0.2) is 5.91 Å². The van der Waals surface area contributed by atoms with Crippen LogP contribution in [0.3, 0.4) is 0 Å². The summed E-state index contributed by atoms with van der Waals surface area (Å²) in [6, 6.07) is 13.1. The smallest absolute Gasteiger partial charge is 0.267 e. The van der Waals surface area contributed by atoms with Crippen LogP contribution in [0.25, 0.3) is 10.1 Å². The molecule has 0 aliphatic carbocycles. The van der Waals surface area contributed by atoms with Gasteiger partial charge in [0.25, 0.3) is 5.91 Å². The van der Waals surface area contributed by atoms with Crippen LogP contribution in [0.2, 0.25) is 10.0 Å². The summed E-state index contributed by atoms with van der Waals surface area (Å²) in [7, 11) is 0. The highest BCUT2D eigenvalue weighted by molar-refractivity contribution is 7.21. The van der Waals surface area contributed by atoms with Gasteiger partial charge in [-0.25, -0.2) is 0 Å². The predicted molar refractivity (Wildman–Crippen MR) is 91.0 cm³/mol. The van der Waals surface area contributed by atoms with Crippen molar-refractivity contribution in [2.75, 3.05) is 5.32 Å². The molecule has 0 fully saturated rings. The third-order valence-corrected chi connectivity index (χ3v) is 4.96. The van der Waals surface area contributed by atoms with Gasteiger partial charge in [-0.15, -0.1) is 11.3 Å². The Kier molecular flexibility index (Phi) is 3.89. The molecular weight excluding hydrogens is 325 g/mol. The second-order valence-electron chi connectivity index (χ2n) is 4.71. The summed E-state index contributed by atoms with van der Waals surface area (Å²) in [5, 5.41) is 4.82. The van der Waals surface area contributed by atoms with E-state index < -0.39 is 0 Å². The van der Waals surface area contributed by atoms with E-state index in [1.807, 2.05) is 43.3 Å². The molecule has 2 nitrogen and oxygen atoms in total. The van der Waals surface area contributed by atoms with E-state index in [-0.39, 0.29) is 5.91 Å². The number of carbonyl (C=O) groups excluding carboxylic acids is 1. The average Bonchev–Trinajstić information content (AvgIpc) is 2.75. The van der Waals surface area contributed by atoms with Crippen molar-refractivity contribution in [1.82, 2.24) is 0 Å². The van der Waals surface area contributed by atoms with E-state index >= 15 is 0 Å². The van der Waals surface area contributed by atoms with Gasteiger partial charge < -0.3 is 5.32 Å². The maximum absolute atomic E-state index is 12.4. The lowest BCUT2D eigenvalue weighted by molar-refractivity contribution is 0.103. The predicted octanol–water partition coefficient (Wildman–Crippen LogP) is 5.77. The fraction of sp³-hybridized carbons (Fsp3) is 0.0625. The zero-order chi connectivity index (χ0) is 15.0. The van der Waals surface area contributed by atoms with E-state index in [0.717, 1.165) is 21.3 Å². The van der Waals surface area contributed by atoms with Gasteiger partial charge in [0, 0.05) is 20.8 Å². The molecule has 1 amide bonds. The van der Waals surface area contributed by atoms with E-state index in [4.69, 9.17) is 23.2 Å². The number of thiophene rings is 1. The Morgan fingerprint density at radius 2 is 1.95 bits per heavy atom. The van der Waals surface area contributed by atoms with Crippen molar-refractivity contribution in [1.29, 1.82) is 0 Å². The normalized spacial score (nSPS) is 10.8. The Morgan fingerprint density at radius 1 is 1.14 bits per heavy atom. The zero-order valence-electron chi connectivity index (χ0n) is 11.1. The Morgan fingerprint density at radius 3 is 2.71 bits per heavy atom. The number of fused-ring (bicyclic) bond motifs is 1. The number of hydrogen-bond donors (Lipinski definition) is 1. The van der Waals surface area contributed by atoms with Crippen molar-refractivity contribution >= 4 is 56.2 Å². The second kappa shape index (κ2) is 5.68. The molecule has 1 aromatic heterocycles. The fourth-order valence-corrected chi connectivity index (χ4v) is 3.78. The summed E-state index contributed by atoms with van der Waals surface area (Å²) in [5.74, 6) is -0.206. The molecule has 0 saturated carbocycles. The van der Waals surface area contributed by atoms with Crippen molar-refractivity contribution in [3.63, 3.8) is 0 Å². The van der Waals surface area contributed by atoms with Crippen LogP contribution < -0.4 is 5.32 Å². The molecule has 0 radical (unpaired) electrons. The minimum atomic E-state index is -0.206. The standard InChI is InChI=1S/C16H11Cl2NOS/c1-9-3-2-4-11(7-9)19-16(20)15-14(18)12-6-5-10(17)8-13(12)21-15/h2-8H,1H3,(H,19,20). The fourth-order valence-electron chi connectivity index (χ4n) is 2.10. The summed E-state index contributed by atoms with van der Waals surface area (Å²) in [6.45, 7) is 1.98. The number of anilines is 1. The molecule has 0 aliphatic heterocycles. The number of halogens is 2. The molecule has 0 aliphatic rings. The highest BCUT2D eigenvalue weighted by atomic mass is 35.5. The van der Waals surface area contributed by atoms with E-state index in [0.29, 0.717) is 14.9 Å². The van der Waals surface area contributed by atoms with Crippen LogP contribution in [0, 0.1) is 6.92 Å². The van der Waals surface area contributed by atoms with Crippen molar-refractivity contribution in [3.05, 3.63) is 63.0 Å². The maximum Gasteiger partial charge on any atom is 0.267 e. The summed E-state index contributed by atoms with van der Waals surface area (Å²) in [5.41, 5.74) is 1.84. The molecule has 0 spiro atoms. The molecular formula is C16H11Cl2NOS. The van der Waals surface area contributed by atoms with Crippen LogP contribution in [-0.2, 0) is 0 Å². The number of amides is 1. The average molecular weight is 336 g/mol. The van der Waals surface area contributed by atoms with E-state index in [1.165, 1.54) is 11.3 Å². The minimum absolute atomic E-state index is 0.206. The first-order valence-electron chi connectivity index (χ1n) is 6.30. The molecule has 106 valence electrons. The zero-order valence-corrected chi connectivity index (χ0v) is 13.4. The number of carbonyl (C=O) groups is 1. The number of rotatable bonds is 2.